The number of ether oxygens (including phenoxy) is 2. The summed E-state index contributed by atoms with van der Waals surface area (Å²) in [5, 5.41) is 8.90. The molecule has 1 saturated heterocycles. The standard InChI is InChI=1S/C33H51N5O5S/c1-8-22(2)30(37(5)29(40)21-34-4)27(42-6)20-28(39)38-17-12-15-26(38)31(43-7)23(3)32(41)36-25(33-35-16-18-44-33)19-24-13-10-9-11-14-24/h9-11,13-14,16,18,22-23,25-27,30-31,34H,8,12,15,17,19-21H2,1-7H3,(H,36,41)/t22?,23?,25?,26?,27-,30?,31?/m1/s1. The molecule has 2 N–H and O–H groups in total. The van der Waals surface area contributed by atoms with Gasteiger partial charge in [-0.15, -0.1) is 11.3 Å². The molecule has 2 aromatic rings. The van der Waals surface area contributed by atoms with Gasteiger partial charge >= 0.3 is 0 Å². The molecule has 44 heavy (non-hydrogen) atoms. The molecule has 0 aliphatic carbocycles. The van der Waals surface area contributed by atoms with Crippen molar-refractivity contribution in [1.29, 1.82) is 0 Å². The van der Waals surface area contributed by atoms with Gasteiger partial charge in [0, 0.05) is 39.4 Å². The molecular formula is C33H51N5O5S. The Bertz CT molecular complexity index is 1170. The number of methoxy groups -OCH3 is 2. The van der Waals surface area contributed by atoms with E-state index in [1.165, 1.54) is 11.3 Å². The summed E-state index contributed by atoms with van der Waals surface area (Å²) in [4.78, 5) is 48.4. The number of aromatic nitrogens is 1. The van der Waals surface area contributed by atoms with Crippen molar-refractivity contribution in [2.24, 2.45) is 11.8 Å². The van der Waals surface area contributed by atoms with E-state index in [1.54, 1.807) is 39.4 Å². The van der Waals surface area contributed by atoms with E-state index in [0.29, 0.717) is 13.0 Å². The molecule has 0 radical (unpaired) electrons. The molecule has 11 heteroatoms. The van der Waals surface area contributed by atoms with Gasteiger partial charge < -0.3 is 29.9 Å². The average Bonchev–Trinajstić information content (AvgIpc) is 3.74. The van der Waals surface area contributed by atoms with Crippen LogP contribution in [0.15, 0.2) is 41.9 Å². The smallest absolute Gasteiger partial charge is 0.236 e. The van der Waals surface area contributed by atoms with Crippen molar-refractivity contribution in [2.45, 2.75) is 83.2 Å². The van der Waals surface area contributed by atoms with Crippen molar-refractivity contribution < 1.29 is 23.9 Å². The number of likely N-dealkylation sites (tertiary alicyclic amines) is 1. The van der Waals surface area contributed by atoms with Gasteiger partial charge in [0.15, 0.2) is 0 Å². The molecule has 10 nitrogen and oxygen atoms in total. The first-order valence-electron chi connectivity index (χ1n) is 15.7. The molecule has 6 unspecified atom stereocenters. The molecule has 1 aromatic carbocycles. The van der Waals surface area contributed by atoms with E-state index >= 15 is 0 Å². The van der Waals surface area contributed by atoms with Crippen molar-refractivity contribution >= 4 is 29.1 Å². The lowest BCUT2D eigenvalue weighted by atomic mass is 9.90. The van der Waals surface area contributed by atoms with Crippen LogP contribution in [0.5, 0.6) is 0 Å². The third kappa shape index (κ3) is 9.09. The zero-order valence-corrected chi connectivity index (χ0v) is 28.1. The van der Waals surface area contributed by atoms with Crippen molar-refractivity contribution in [2.75, 3.05) is 41.4 Å². The quantitative estimate of drug-likeness (QED) is 0.275. The lowest BCUT2D eigenvalue weighted by molar-refractivity contribution is -0.145. The molecular weight excluding hydrogens is 578 g/mol. The van der Waals surface area contributed by atoms with E-state index in [4.69, 9.17) is 9.47 Å². The average molecular weight is 630 g/mol. The first kappa shape index (κ1) is 35.6. The lowest BCUT2D eigenvalue weighted by Gasteiger charge is -2.39. The molecule has 2 heterocycles. The third-order valence-electron chi connectivity index (χ3n) is 8.98. The number of hydrogen-bond acceptors (Lipinski definition) is 8. The minimum atomic E-state index is -0.506. The number of hydrogen-bond donors (Lipinski definition) is 2. The predicted octanol–water partition coefficient (Wildman–Crippen LogP) is 3.68. The van der Waals surface area contributed by atoms with Crippen LogP contribution in [0.1, 0.15) is 63.1 Å². The normalized spacial score (nSPS) is 19.1. The first-order valence-corrected chi connectivity index (χ1v) is 16.5. The Morgan fingerprint density at radius 1 is 1.16 bits per heavy atom. The third-order valence-corrected chi connectivity index (χ3v) is 9.87. The summed E-state index contributed by atoms with van der Waals surface area (Å²) < 4.78 is 11.8. The number of likely N-dealkylation sites (N-methyl/N-ethyl adjacent to an activating group) is 2. The van der Waals surface area contributed by atoms with Gasteiger partial charge in [-0.3, -0.25) is 14.4 Å². The van der Waals surface area contributed by atoms with E-state index in [1.807, 2.05) is 47.5 Å². The summed E-state index contributed by atoms with van der Waals surface area (Å²) in [5.41, 5.74) is 1.11. The van der Waals surface area contributed by atoms with Crippen LogP contribution in [0.4, 0.5) is 0 Å². The second kappa shape index (κ2) is 17.6. The first-order chi connectivity index (χ1) is 21.2. The molecule has 0 bridgehead atoms. The molecule has 3 amide bonds. The highest BCUT2D eigenvalue weighted by Crippen LogP contribution is 2.30. The summed E-state index contributed by atoms with van der Waals surface area (Å²) in [7, 11) is 6.73. The highest BCUT2D eigenvalue weighted by molar-refractivity contribution is 7.09. The maximum Gasteiger partial charge on any atom is 0.236 e. The predicted molar refractivity (Wildman–Crippen MR) is 173 cm³/mol. The second-order valence-electron chi connectivity index (χ2n) is 11.8. The summed E-state index contributed by atoms with van der Waals surface area (Å²) in [6.45, 7) is 6.83. The molecule has 1 aromatic heterocycles. The second-order valence-corrected chi connectivity index (χ2v) is 12.7. The molecule has 7 atom stereocenters. The van der Waals surface area contributed by atoms with Gasteiger partial charge in [0.2, 0.25) is 17.7 Å². The van der Waals surface area contributed by atoms with Crippen LogP contribution in [0.2, 0.25) is 0 Å². The lowest BCUT2D eigenvalue weighted by Crippen LogP contribution is -2.54. The fourth-order valence-corrected chi connectivity index (χ4v) is 7.05. The van der Waals surface area contributed by atoms with E-state index in [-0.39, 0.29) is 54.7 Å². The molecule has 1 fully saturated rings. The Hall–Kier alpha value is -2.86. The van der Waals surface area contributed by atoms with Gasteiger partial charge in [-0.25, -0.2) is 4.98 Å². The van der Waals surface area contributed by atoms with Crippen LogP contribution in [-0.4, -0.2) is 98.2 Å². The van der Waals surface area contributed by atoms with Gasteiger partial charge in [0.1, 0.15) is 5.01 Å². The Kier molecular flexibility index (Phi) is 14.2. The Labute approximate surface area is 266 Å². The molecule has 244 valence electrons. The van der Waals surface area contributed by atoms with Crippen molar-refractivity contribution in [3.8, 4) is 0 Å². The van der Waals surface area contributed by atoms with E-state index in [9.17, 15) is 14.4 Å². The number of thiazole rings is 1. The van der Waals surface area contributed by atoms with E-state index < -0.39 is 18.1 Å². The number of carbonyl (C=O) groups is 3. The van der Waals surface area contributed by atoms with Crippen molar-refractivity contribution in [3.05, 3.63) is 52.5 Å². The highest BCUT2D eigenvalue weighted by atomic mass is 32.1. The topological polar surface area (TPSA) is 113 Å². The van der Waals surface area contributed by atoms with Crippen LogP contribution in [0.3, 0.4) is 0 Å². The summed E-state index contributed by atoms with van der Waals surface area (Å²) in [5.74, 6) is -0.614. The number of nitrogens with one attached hydrogen (secondary N) is 2. The minimum Gasteiger partial charge on any atom is -0.379 e. The van der Waals surface area contributed by atoms with Crippen LogP contribution < -0.4 is 10.6 Å². The van der Waals surface area contributed by atoms with Crippen LogP contribution in [-0.2, 0) is 30.3 Å². The summed E-state index contributed by atoms with van der Waals surface area (Å²) >= 11 is 1.52. The summed E-state index contributed by atoms with van der Waals surface area (Å²) in [6, 6.07) is 9.27. The van der Waals surface area contributed by atoms with Crippen LogP contribution in [0, 0.1) is 11.8 Å². The molecule has 1 aliphatic heterocycles. The van der Waals surface area contributed by atoms with Gasteiger partial charge in [-0.2, -0.15) is 0 Å². The SMILES string of the molecule is CCC(C)C([C@@H](CC(=O)N1CCCC1C(OC)C(C)C(=O)NC(Cc1ccccc1)c1nccs1)OC)N(C)C(=O)CNC. The number of carbonyl (C=O) groups excluding carboxylic acids is 3. The van der Waals surface area contributed by atoms with Crippen LogP contribution >= 0.6 is 11.3 Å². The number of rotatable bonds is 17. The number of nitrogens with zero attached hydrogens (tertiary/aromatic N) is 3. The van der Waals surface area contributed by atoms with Crippen LogP contribution in [0.25, 0.3) is 0 Å². The maximum absolute atomic E-state index is 13.9. The Morgan fingerprint density at radius 2 is 1.89 bits per heavy atom. The fraction of sp³-hybridized carbons (Fsp3) is 0.636. The molecule has 0 spiro atoms. The van der Waals surface area contributed by atoms with Gasteiger partial charge in [-0.05, 0) is 37.8 Å². The molecule has 3 rings (SSSR count). The zero-order valence-electron chi connectivity index (χ0n) is 27.3. The largest absolute Gasteiger partial charge is 0.379 e. The maximum atomic E-state index is 13.9. The minimum absolute atomic E-state index is 0.0473. The van der Waals surface area contributed by atoms with Crippen molar-refractivity contribution in [1.82, 2.24) is 25.4 Å². The monoisotopic (exact) mass is 629 g/mol. The number of amides is 3. The molecule has 1 aliphatic rings. The fourth-order valence-electron chi connectivity index (χ4n) is 6.36. The van der Waals surface area contributed by atoms with Gasteiger partial charge in [0.25, 0.3) is 0 Å². The summed E-state index contributed by atoms with van der Waals surface area (Å²) in [6.07, 6.45) is 3.97. The molecule has 0 saturated carbocycles. The highest BCUT2D eigenvalue weighted by Gasteiger charge is 2.42. The number of benzene rings is 1. The Balaban J connectivity index is 1.74. The van der Waals surface area contributed by atoms with Crippen molar-refractivity contribution in [3.63, 3.8) is 0 Å². The van der Waals surface area contributed by atoms with Gasteiger partial charge in [0.05, 0.1) is 49.2 Å². The zero-order chi connectivity index (χ0) is 32.2. The Morgan fingerprint density at radius 3 is 2.48 bits per heavy atom. The van der Waals surface area contributed by atoms with E-state index in [0.717, 1.165) is 29.8 Å². The van der Waals surface area contributed by atoms with E-state index in [2.05, 4.69) is 29.5 Å². The van der Waals surface area contributed by atoms with Gasteiger partial charge in [-0.1, -0.05) is 57.5 Å².